The van der Waals surface area contributed by atoms with Gasteiger partial charge in [-0.05, 0) is 28.0 Å². The predicted molar refractivity (Wildman–Crippen MR) is 92.8 cm³/mol. The lowest BCUT2D eigenvalue weighted by molar-refractivity contribution is 0.191. The SMILES string of the molecule is CS(=O)(=O)C[C@H](O)c1cc2n(n1)CCN(Cc1cccc3nonc13)C2. The van der Waals surface area contributed by atoms with E-state index in [9.17, 15) is 13.5 Å². The molecule has 1 N–H and O–H groups in total. The smallest absolute Gasteiger partial charge is 0.150 e. The van der Waals surface area contributed by atoms with Gasteiger partial charge in [0.1, 0.15) is 27.0 Å². The van der Waals surface area contributed by atoms with Gasteiger partial charge in [0.25, 0.3) is 0 Å². The van der Waals surface area contributed by atoms with Crippen molar-refractivity contribution in [3.05, 3.63) is 41.2 Å². The first-order valence-corrected chi connectivity index (χ1v) is 10.3. The highest BCUT2D eigenvalue weighted by atomic mass is 32.2. The molecular weight excluding hydrogens is 358 g/mol. The van der Waals surface area contributed by atoms with Crippen LogP contribution in [0, 0.1) is 0 Å². The molecule has 2 aromatic heterocycles. The summed E-state index contributed by atoms with van der Waals surface area (Å²) in [7, 11) is -3.27. The highest BCUT2D eigenvalue weighted by molar-refractivity contribution is 7.90. The van der Waals surface area contributed by atoms with E-state index in [-0.39, 0.29) is 5.75 Å². The van der Waals surface area contributed by atoms with E-state index in [1.165, 1.54) is 0 Å². The van der Waals surface area contributed by atoms with Gasteiger partial charge in [0.15, 0.2) is 0 Å². The topological polar surface area (TPSA) is 114 Å². The number of hydrogen-bond acceptors (Lipinski definition) is 8. The fourth-order valence-corrected chi connectivity index (χ4v) is 3.99. The Morgan fingerprint density at radius 3 is 2.96 bits per heavy atom. The maximum atomic E-state index is 11.4. The van der Waals surface area contributed by atoms with Gasteiger partial charge in [0.2, 0.25) is 0 Å². The Balaban J connectivity index is 1.50. The van der Waals surface area contributed by atoms with Crippen molar-refractivity contribution in [3.63, 3.8) is 0 Å². The van der Waals surface area contributed by atoms with Crippen LogP contribution >= 0.6 is 0 Å². The zero-order valence-corrected chi connectivity index (χ0v) is 15.1. The van der Waals surface area contributed by atoms with Crippen molar-refractivity contribution in [2.45, 2.75) is 25.7 Å². The van der Waals surface area contributed by atoms with Crippen LogP contribution in [0.25, 0.3) is 11.0 Å². The lowest BCUT2D eigenvalue weighted by atomic mass is 10.1. The standard InChI is InChI=1S/C16H19N5O4S/c1-26(23,24)10-15(22)14-7-12-9-20(5-6-21(12)17-14)8-11-3-2-4-13-16(11)19-25-18-13/h2-4,7,15,22H,5-6,8-10H2,1H3/t15-/m0/s1. The molecule has 9 nitrogen and oxygen atoms in total. The normalized spacial score (nSPS) is 16.7. The maximum absolute atomic E-state index is 11.4. The van der Waals surface area contributed by atoms with Gasteiger partial charge in [-0.2, -0.15) is 5.10 Å². The summed E-state index contributed by atoms with van der Waals surface area (Å²) in [6.45, 7) is 2.81. The summed E-state index contributed by atoms with van der Waals surface area (Å²) >= 11 is 0. The third kappa shape index (κ3) is 3.48. The number of sulfone groups is 1. The average Bonchev–Trinajstić information content (AvgIpc) is 3.19. The average molecular weight is 377 g/mol. The number of benzene rings is 1. The third-order valence-electron chi connectivity index (χ3n) is 4.46. The van der Waals surface area contributed by atoms with Crippen LogP contribution in [0.3, 0.4) is 0 Å². The Kier molecular flexibility index (Phi) is 4.25. The van der Waals surface area contributed by atoms with E-state index >= 15 is 0 Å². The number of hydrogen-bond donors (Lipinski definition) is 1. The van der Waals surface area contributed by atoms with E-state index in [1.807, 2.05) is 22.9 Å². The first-order chi connectivity index (χ1) is 12.4. The number of aliphatic hydroxyl groups is 1. The Labute approximate surface area is 150 Å². The molecule has 0 spiro atoms. The molecule has 26 heavy (non-hydrogen) atoms. The quantitative estimate of drug-likeness (QED) is 0.684. The number of fused-ring (bicyclic) bond motifs is 2. The van der Waals surface area contributed by atoms with Crippen molar-refractivity contribution in [2.75, 3.05) is 18.6 Å². The first kappa shape index (κ1) is 17.1. The summed E-state index contributed by atoms with van der Waals surface area (Å²) in [6.07, 6.45) is -0.000620. The molecule has 1 aliphatic heterocycles. The van der Waals surface area contributed by atoms with Crippen molar-refractivity contribution in [1.29, 1.82) is 0 Å². The molecule has 0 amide bonds. The molecule has 10 heteroatoms. The van der Waals surface area contributed by atoms with Crippen LogP contribution in [0.2, 0.25) is 0 Å². The van der Waals surface area contributed by atoms with Crippen LogP contribution < -0.4 is 0 Å². The molecule has 1 aliphatic rings. The molecule has 0 saturated heterocycles. The van der Waals surface area contributed by atoms with E-state index in [0.717, 1.165) is 35.1 Å². The minimum absolute atomic E-state index is 0.325. The summed E-state index contributed by atoms with van der Waals surface area (Å²) in [6, 6.07) is 7.56. The molecule has 138 valence electrons. The Morgan fingerprint density at radius 1 is 1.31 bits per heavy atom. The van der Waals surface area contributed by atoms with E-state index in [2.05, 4.69) is 20.3 Å². The van der Waals surface area contributed by atoms with Crippen LogP contribution in [0.5, 0.6) is 0 Å². The van der Waals surface area contributed by atoms with Crippen LogP contribution in [0.1, 0.15) is 23.1 Å². The molecule has 0 bridgehead atoms. The van der Waals surface area contributed by atoms with E-state index in [4.69, 9.17) is 4.63 Å². The zero-order valence-electron chi connectivity index (χ0n) is 14.2. The van der Waals surface area contributed by atoms with Crippen molar-refractivity contribution in [2.24, 2.45) is 0 Å². The Hall–Kier alpha value is -2.30. The molecule has 0 fully saturated rings. The van der Waals surface area contributed by atoms with Gasteiger partial charge in [-0.1, -0.05) is 12.1 Å². The monoisotopic (exact) mass is 377 g/mol. The second-order valence-electron chi connectivity index (χ2n) is 6.65. The van der Waals surface area contributed by atoms with Crippen LogP contribution in [0.4, 0.5) is 0 Å². The summed E-state index contributed by atoms with van der Waals surface area (Å²) in [4.78, 5) is 2.24. The number of aliphatic hydroxyl groups excluding tert-OH is 1. The van der Waals surface area contributed by atoms with E-state index in [1.54, 1.807) is 6.07 Å². The second kappa shape index (κ2) is 6.45. The van der Waals surface area contributed by atoms with Gasteiger partial charge < -0.3 is 5.11 Å². The molecule has 1 aromatic carbocycles. The molecule has 0 saturated carbocycles. The summed E-state index contributed by atoms with van der Waals surface area (Å²) < 4.78 is 29.4. The summed E-state index contributed by atoms with van der Waals surface area (Å²) in [5.74, 6) is -0.325. The van der Waals surface area contributed by atoms with Gasteiger partial charge in [-0.25, -0.2) is 13.0 Å². The number of rotatable bonds is 5. The maximum Gasteiger partial charge on any atom is 0.150 e. The predicted octanol–water partition coefficient (Wildman–Crippen LogP) is 0.513. The van der Waals surface area contributed by atoms with Crippen LogP contribution in [-0.2, 0) is 29.5 Å². The van der Waals surface area contributed by atoms with Crippen LogP contribution in [-0.4, -0.2) is 57.1 Å². The molecule has 4 rings (SSSR count). The fraction of sp³-hybridized carbons (Fsp3) is 0.438. The lowest BCUT2D eigenvalue weighted by Crippen LogP contribution is -2.33. The number of aromatic nitrogens is 4. The highest BCUT2D eigenvalue weighted by Crippen LogP contribution is 2.22. The zero-order chi connectivity index (χ0) is 18.3. The van der Waals surface area contributed by atoms with Crippen LogP contribution in [0.15, 0.2) is 28.9 Å². The van der Waals surface area contributed by atoms with Crippen molar-refractivity contribution in [3.8, 4) is 0 Å². The first-order valence-electron chi connectivity index (χ1n) is 8.24. The van der Waals surface area contributed by atoms with Gasteiger partial charge in [0, 0.05) is 25.9 Å². The van der Waals surface area contributed by atoms with Crippen molar-refractivity contribution in [1.82, 2.24) is 25.0 Å². The Morgan fingerprint density at radius 2 is 2.15 bits per heavy atom. The van der Waals surface area contributed by atoms with E-state index < -0.39 is 15.9 Å². The largest absolute Gasteiger partial charge is 0.386 e. The van der Waals surface area contributed by atoms with Gasteiger partial charge in [0.05, 0.1) is 23.7 Å². The highest BCUT2D eigenvalue weighted by Gasteiger charge is 2.23. The van der Waals surface area contributed by atoms with E-state index in [0.29, 0.717) is 25.3 Å². The van der Waals surface area contributed by atoms with Crippen molar-refractivity contribution < 1.29 is 18.2 Å². The summed E-state index contributed by atoms with van der Waals surface area (Å²) in [5.41, 5.74) is 3.87. The lowest BCUT2D eigenvalue weighted by Gasteiger charge is -2.27. The Bertz CT molecular complexity index is 1040. The van der Waals surface area contributed by atoms with Gasteiger partial charge >= 0.3 is 0 Å². The minimum atomic E-state index is -3.27. The minimum Gasteiger partial charge on any atom is -0.386 e. The molecule has 3 aromatic rings. The number of nitrogens with zero attached hydrogens (tertiary/aromatic N) is 5. The van der Waals surface area contributed by atoms with Gasteiger partial charge in [-0.15, -0.1) is 0 Å². The van der Waals surface area contributed by atoms with Gasteiger partial charge in [-0.3, -0.25) is 9.58 Å². The molecule has 0 radical (unpaired) electrons. The second-order valence-corrected chi connectivity index (χ2v) is 8.84. The molecular formula is C16H19N5O4S. The third-order valence-corrected chi connectivity index (χ3v) is 5.38. The summed E-state index contributed by atoms with van der Waals surface area (Å²) in [5, 5.41) is 22.3. The molecule has 0 aliphatic carbocycles. The molecule has 1 atom stereocenters. The fourth-order valence-electron chi connectivity index (χ4n) is 3.24. The molecule has 0 unspecified atom stereocenters. The van der Waals surface area contributed by atoms with Crippen molar-refractivity contribution >= 4 is 20.9 Å². The molecule has 3 heterocycles.